The van der Waals surface area contributed by atoms with Crippen LogP contribution in [0.2, 0.25) is 0 Å². The number of nitrogens with one attached hydrogen (secondary N) is 1. The van der Waals surface area contributed by atoms with Gasteiger partial charge in [0.05, 0.1) is 12.7 Å². The molecular weight excluding hydrogens is 244 g/mol. The van der Waals surface area contributed by atoms with Crippen LogP contribution >= 0.6 is 0 Å². The average molecular weight is 272 g/mol. The molecule has 1 N–H and O–H groups in total. The van der Waals surface area contributed by atoms with Crippen LogP contribution in [0.5, 0.6) is 0 Å². The van der Waals surface area contributed by atoms with Gasteiger partial charge in [-0.3, -0.25) is 4.79 Å². The van der Waals surface area contributed by atoms with Crippen molar-refractivity contribution in [3.8, 4) is 0 Å². The van der Waals surface area contributed by atoms with E-state index in [1.165, 1.54) is 6.42 Å². The molecule has 1 aliphatic heterocycles. The third-order valence-electron chi connectivity index (χ3n) is 3.00. The van der Waals surface area contributed by atoms with Gasteiger partial charge in [0.1, 0.15) is 6.61 Å². The molecule has 5 heteroatoms. The van der Waals surface area contributed by atoms with E-state index < -0.39 is 0 Å². The van der Waals surface area contributed by atoms with Crippen molar-refractivity contribution in [2.75, 3.05) is 40.5 Å². The summed E-state index contributed by atoms with van der Waals surface area (Å²) in [7, 11) is 3.98. The van der Waals surface area contributed by atoms with E-state index in [-0.39, 0.29) is 24.2 Å². The summed E-state index contributed by atoms with van der Waals surface area (Å²) < 4.78 is 11.0. The number of carbonyl (C=O) groups is 1. The highest BCUT2D eigenvalue weighted by atomic mass is 16.5. The van der Waals surface area contributed by atoms with E-state index in [0.717, 1.165) is 26.0 Å². The highest BCUT2D eigenvalue weighted by Crippen LogP contribution is 2.12. The second-order valence-corrected chi connectivity index (χ2v) is 6.17. The largest absolute Gasteiger partial charge is 0.376 e. The number of amides is 1. The van der Waals surface area contributed by atoms with Gasteiger partial charge in [0.25, 0.3) is 0 Å². The van der Waals surface area contributed by atoms with Gasteiger partial charge in [-0.2, -0.15) is 0 Å². The number of rotatable bonds is 7. The Morgan fingerprint density at radius 1 is 1.42 bits per heavy atom. The van der Waals surface area contributed by atoms with Gasteiger partial charge >= 0.3 is 0 Å². The normalized spacial score (nSPS) is 20.6. The van der Waals surface area contributed by atoms with Gasteiger partial charge in [-0.1, -0.05) is 0 Å². The van der Waals surface area contributed by atoms with Crippen LogP contribution in [-0.4, -0.2) is 62.9 Å². The van der Waals surface area contributed by atoms with Gasteiger partial charge < -0.3 is 19.7 Å². The molecule has 0 aromatic carbocycles. The summed E-state index contributed by atoms with van der Waals surface area (Å²) in [6.45, 7) is 6.25. The van der Waals surface area contributed by atoms with Crippen LogP contribution in [0.3, 0.4) is 0 Å². The van der Waals surface area contributed by atoms with E-state index in [2.05, 4.69) is 10.2 Å². The maximum Gasteiger partial charge on any atom is 0.246 e. The van der Waals surface area contributed by atoms with E-state index in [1.54, 1.807) is 0 Å². The maximum atomic E-state index is 11.8. The van der Waals surface area contributed by atoms with Crippen molar-refractivity contribution in [1.82, 2.24) is 10.2 Å². The van der Waals surface area contributed by atoms with Crippen molar-refractivity contribution in [2.24, 2.45) is 0 Å². The van der Waals surface area contributed by atoms with Crippen molar-refractivity contribution < 1.29 is 14.3 Å². The molecule has 0 bridgehead atoms. The average Bonchev–Trinajstić information content (AvgIpc) is 2.27. The molecule has 1 rings (SSSR count). The molecule has 1 saturated heterocycles. The minimum Gasteiger partial charge on any atom is -0.376 e. The van der Waals surface area contributed by atoms with Crippen molar-refractivity contribution in [3.05, 3.63) is 0 Å². The Balaban J connectivity index is 2.16. The molecule has 19 heavy (non-hydrogen) atoms. The van der Waals surface area contributed by atoms with Crippen LogP contribution in [0.4, 0.5) is 0 Å². The van der Waals surface area contributed by atoms with Gasteiger partial charge in [-0.25, -0.2) is 0 Å². The lowest BCUT2D eigenvalue weighted by Gasteiger charge is -2.29. The summed E-state index contributed by atoms with van der Waals surface area (Å²) in [4.78, 5) is 13.8. The molecule has 0 aromatic rings. The lowest BCUT2D eigenvalue weighted by atomic mass is 10.1. The van der Waals surface area contributed by atoms with E-state index in [9.17, 15) is 4.79 Å². The number of hydrogen-bond donors (Lipinski definition) is 1. The van der Waals surface area contributed by atoms with E-state index in [1.807, 2.05) is 27.9 Å². The standard InChI is InChI=1S/C14H28N2O3/c1-14(2,11-16(3)4)15-13(17)10-18-9-12-7-5-6-8-19-12/h12H,5-11H2,1-4H3,(H,15,17). The zero-order valence-corrected chi connectivity index (χ0v) is 12.7. The van der Waals surface area contributed by atoms with E-state index in [4.69, 9.17) is 9.47 Å². The molecule has 1 amide bonds. The summed E-state index contributed by atoms with van der Waals surface area (Å²) >= 11 is 0. The maximum absolute atomic E-state index is 11.8. The minimum absolute atomic E-state index is 0.0670. The first-order chi connectivity index (χ1) is 8.89. The van der Waals surface area contributed by atoms with Crippen molar-refractivity contribution in [1.29, 1.82) is 0 Å². The lowest BCUT2D eigenvalue weighted by molar-refractivity contribution is -0.129. The smallest absolute Gasteiger partial charge is 0.246 e. The summed E-state index contributed by atoms with van der Waals surface area (Å²) in [6.07, 6.45) is 3.52. The van der Waals surface area contributed by atoms with Crippen LogP contribution in [0.15, 0.2) is 0 Å². The predicted octanol–water partition coefficient (Wildman–Crippen LogP) is 1.03. The Hall–Kier alpha value is -0.650. The molecule has 0 spiro atoms. The molecule has 112 valence electrons. The number of hydrogen-bond acceptors (Lipinski definition) is 4. The van der Waals surface area contributed by atoms with E-state index >= 15 is 0 Å². The molecule has 0 aliphatic carbocycles. The van der Waals surface area contributed by atoms with Crippen molar-refractivity contribution in [3.63, 3.8) is 0 Å². The summed E-state index contributed by atoms with van der Waals surface area (Å²) in [5.41, 5.74) is -0.245. The van der Waals surface area contributed by atoms with Crippen LogP contribution in [0.1, 0.15) is 33.1 Å². The zero-order chi connectivity index (χ0) is 14.3. The second kappa shape index (κ2) is 7.82. The molecule has 1 unspecified atom stereocenters. The lowest BCUT2D eigenvalue weighted by Crippen LogP contribution is -2.51. The molecule has 0 saturated carbocycles. The van der Waals surface area contributed by atoms with Gasteiger partial charge in [0, 0.05) is 18.7 Å². The third kappa shape index (κ3) is 7.50. The minimum atomic E-state index is -0.245. The number of ether oxygens (including phenoxy) is 2. The third-order valence-corrected chi connectivity index (χ3v) is 3.00. The molecule has 1 aliphatic rings. The van der Waals surface area contributed by atoms with Crippen LogP contribution in [0.25, 0.3) is 0 Å². The topological polar surface area (TPSA) is 50.8 Å². The molecule has 0 aromatic heterocycles. The zero-order valence-electron chi connectivity index (χ0n) is 12.7. The van der Waals surface area contributed by atoms with Gasteiger partial charge in [-0.05, 0) is 47.2 Å². The Morgan fingerprint density at radius 2 is 2.16 bits per heavy atom. The van der Waals surface area contributed by atoms with E-state index in [0.29, 0.717) is 6.61 Å². The van der Waals surface area contributed by atoms with Crippen LogP contribution < -0.4 is 5.32 Å². The fourth-order valence-electron chi connectivity index (χ4n) is 2.47. The fourth-order valence-corrected chi connectivity index (χ4v) is 2.47. The first-order valence-corrected chi connectivity index (χ1v) is 7.04. The molecule has 1 heterocycles. The Morgan fingerprint density at radius 3 is 2.74 bits per heavy atom. The molecule has 0 radical (unpaired) electrons. The first-order valence-electron chi connectivity index (χ1n) is 7.04. The van der Waals surface area contributed by atoms with Crippen LogP contribution in [-0.2, 0) is 14.3 Å². The summed E-state index contributed by atoms with van der Waals surface area (Å²) in [5.74, 6) is -0.0670. The van der Waals surface area contributed by atoms with Crippen molar-refractivity contribution in [2.45, 2.75) is 44.8 Å². The van der Waals surface area contributed by atoms with Gasteiger partial charge in [0.15, 0.2) is 0 Å². The fraction of sp³-hybridized carbons (Fsp3) is 0.929. The SMILES string of the molecule is CN(C)CC(C)(C)NC(=O)COCC1CCCCO1. The van der Waals surface area contributed by atoms with Gasteiger partial charge in [-0.15, -0.1) is 0 Å². The number of likely N-dealkylation sites (N-methyl/N-ethyl adjacent to an activating group) is 1. The molecule has 1 atom stereocenters. The summed E-state index contributed by atoms with van der Waals surface area (Å²) in [6, 6.07) is 0. The Labute approximate surface area is 116 Å². The van der Waals surface area contributed by atoms with Crippen molar-refractivity contribution >= 4 is 5.91 Å². The highest BCUT2D eigenvalue weighted by molar-refractivity contribution is 5.77. The summed E-state index contributed by atoms with van der Waals surface area (Å²) in [5, 5.41) is 2.98. The predicted molar refractivity (Wildman–Crippen MR) is 75.2 cm³/mol. The number of nitrogens with zero attached hydrogens (tertiary/aromatic N) is 1. The van der Waals surface area contributed by atoms with Gasteiger partial charge in [0.2, 0.25) is 5.91 Å². The molecule has 1 fully saturated rings. The molecular formula is C14H28N2O3. The Kier molecular flexibility index (Phi) is 6.75. The Bertz CT molecular complexity index is 274. The highest BCUT2D eigenvalue weighted by Gasteiger charge is 2.21. The van der Waals surface area contributed by atoms with Crippen LogP contribution in [0, 0.1) is 0 Å². The quantitative estimate of drug-likeness (QED) is 0.752. The molecule has 5 nitrogen and oxygen atoms in total. The first kappa shape index (κ1) is 16.4. The second-order valence-electron chi connectivity index (χ2n) is 6.17. The monoisotopic (exact) mass is 272 g/mol. The number of carbonyl (C=O) groups excluding carboxylic acids is 1.